The fraction of sp³-hybridized carbons (Fsp3) is 0.355. The predicted octanol–water partition coefficient (Wildman–Crippen LogP) is 3.90. The van der Waals surface area contributed by atoms with Crippen molar-refractivity contribution in [2.24, 2.45) is 5.73 Å². The van der Waals surface area contributed by atoms with Gasteiger partial charge in [0.05, 0.1) is 55.4 Å². The summed E-state index contributed by atoms with van der Waals surface area (Å²) in [5, 5.41) is 54.9. The Morgan fingerprint density at radius 1 is 0.873 bits per heavy atom. The van der Waals surface area contributed by atoms with Gasteiger partial charge in [0.25, 0.3) is 29.5 Å². The van der Waals surface area contributed by atoms with Gasteiger partial charge in [-0.15, -0.1) is 56.7 Å². The number of nitrogens with two attached hydrogens (primary N) is 1. The fourth-order valence-electron chi connectivity index (χ4n) is 12.0. The number of aliphatic hydroxyl groups is 2. The van der Waals surface area contributed by atoms with Crippen molar-refractivity contribution in [3.8, 4) is 38.4 Å². The van der Waals surface area contributed by atoms with Crippen LogP contribution in [0.1, 0.15) is 125 Å². The Morgan fingerprint density at radius 2 is 1.53 bits per heavy atom. The van der Waals surface area contributed by atoms with Gasteiger partial charge in [-0.05, 0) is 59.5 Å². The molecule has 0 spiro atoms. The lowest BCUT2D eigenvalue weighted by Gasteiger charge is -2.48. The minimum Gasteiger partial charge on any atom is -0.506 e. The van der Waals surface area contributed by atoms with Gasteiger partial charge in [-0.2, -0.15) is 4.73 Å². The number of allylic oxidation sites excluding steroid dienone is 1. The van der Waals surface area contributed by atoms with E-state index in [0.29, 0.717) is 0 Å². The molecule has 0 aliphatic carbocycles. The van der Waals surface area contributed by atoms with E-state index >= 15 is 19.2 Å². The Labute approximate surface area is 597 Å². The van der Waals surface area contributed by atoms with Crippen LogP contribution in [-0.2, 0) is 60.6 Å². The summed E-state index contributed by atoms with van der Waals surface area (Å²) in [6.45, 7) is 8.22. The first-order valence-electron chi connectivity index (χ1n) is 30.7. The maximum absolute atomic E-state index is 15.4. The number of aromatic hydroxyl groups is 1. The highest BCUT2D eigenvalue weighted by molar-refractivity contribution is 7.52. The number of rotatable bonds is 11. The molecular weight excluding hydrogens is 1450 g/mol. The average Bonchev–Trinajstić information content (AvgIpc) is 1.57. The average molecular weight is 1520 g/mol. The van der Waals surface area contributed by atoms with Gasteiger partial charge in [0.2, 0.25) is 5.91 Å². The van der Waals surface area contributed by atoms with Crippen LogP contribution in [-0.4, -0.2) is 190 Å². The summed E-state index contributed by atoms with van der Waals surface area (Å²) in [5.74, 6) is -8.61. The summed E-state index contributed by atoms with van der Waals surface area (Å²) in [6.07, 6.45) is -7.84. The zero-order valence-electron chi connectivity index (χ0n) is 54.9. The monoisotopic (exact) mass is 1510 g/mol. The number of pyridine rings is 1. The summed E-state index contributed by atoms with van der Waals surface area (Å²) < 4.78 is 57.9. The maximum atomic E-state index is 15.4. The lowest BCUT2D eigenvalue weighted by atomic mass is 9.85. The summed E-state index contributed by atoms with van der Waals surface area (Å²) in [4.78, 5) is 156. The summed E-state index contributed by atoms with van der Waals surface area (Å²) >= 11 is 4.33. The molecule has 1 aromatic carbocycles. The number of ether oxygens (including phenoxy) is 6. The van der Waals surface area contributed by atoms with Gasteiger partial charge in [0, 0.05) is 49.8 Å². The molecule has 11 unspecified atom stereocenters. The molecule has 102 heavy (non-hydrogen) atoms. The van der Waals surface area contributed by atoms with Gasteiger partial charge in [0.1, 0.15) is 120 Å². The summed E-state index contributed by atoms with van der Waals surface area (Å²) in [6, 6.07) is 0.273. The van der Waals surface area contributed by atoms with E-state index in [2.05, 4.69) is 48.1 Å². The van der Waals surface area contributed by atoms with Gasteiger partial charge in [0.15, 0.2) is 18.1 Å². The van der Waals surface area contributed by atoms with Crippen molar-refractivity contribution in [3.63, 3.8) is 0 Å². The van der Waals surface area contributed by atoms with Crippen LogP contribution in [0.5, 0.6) is 5.75 Å². The lowest BCUT2D eigenvalue weighted by Crippen LogP contribution is -2.62. The van der Waals surface area contributed by atoms with E-state index in [9.17, 15) is 44.0 Å². The van der Waals surface area contributed by atoms with Gasteiger partial charge >= 0.3 is 19.5 Å². The zero-order valence-corrected chi connectivity index (χ0v) is 59.9. The normalized spacial score (nSPS) is 24.2. The molecule has 11 N–H and O–H groups in total. The zero-order chi connectivity index (χ0) is 73.1. The second-order valence-corrected chi connectivity index (χ2v) is 30.3. The minimum absolute atomic E-state index is 0.00141. The topological polar surface area (TPSA) is 471 Å². The molecule has 11 atom stereocenters. The van der Waals surface area contributed by atoms with Gasteiger partial charge in [-0.25, -0.2) is 44.1 Å². The molecule has 0 radical (unpaired) electrons. The van der Waals surface area contributed by atoms with Crippen LogP contribution in [0.4, 0.5) is 0 Å². The predicted molar refractivity (Wildman–Crippen MR) is 365 cm³/mol. The largest absolute Gasteiger partial charge is 0.506 e. The van der Waals surface area contributed by atoms with Crippen LogP contribution in [0.15, 0.2) is 69.2 Å². The highest BCUT2D eigenvalue weighted by Crippen LogP contribution is 2.44. The van der Waals surface area contributed by atoms with Crippen molar-refractivity contribution >= 4 is 128 Å². The molecule has 536 valence electrons. The van der Waals surface area contributed by atoms with E-state index in [1.54, 1.807) is 38.9 Å². The third kappa shape index (κ3) is 14.7. The van der Waals surface area contributed by atoms with Crippen LogP contribution >= 0.6 is 64.3 Å². The number of nitrogens with one attached hydrogen (secondary N) is 5. The Bertz CT molecular complexity index is 4820. The summed E-state index contributed by atoms with van der Waals surface area (Å²) in [5.41, 5.74) is 1.39. The number of carbonyl (C=O) groups is 8. The number of aliphatic hydroxyl groups excluding tert-OH is 1. The van der Waals surface area contributed by atoms with Crippen molar-refractivity contribution < 1.29 is 96.2 Å². The Balaban J connectivity index is 1.06. The molecule has 1 fully saturated rings. The third-order valence-electron chi connectivity index (χ3n) is 16.5. The van der Waals surface area contributed by atoms with E-state index in [0.717, 1.165) is 68.1 Å². The highest BCUT2D eigenvalue weighted by atomic mass is 32.1. The van der Waals surface area contributed by atoms with Gasteiger partial charge in [-0.1, -0.05) is 18.7 Å². The van der Waals surface area contributed by atoms with Crippen LogP contribution < -0.4 is 36.9 Å². The number of methoxy groups -OCH3 is 1. The van der Waals surface area contributed by atoms with Crippen molar-refractivity contribution in [1.29, 1.82) is 0 Å². The molecule has 34 nitrogen and oxygen atoms in total. The smallest absolute Gasteiger partial charge is 0.392 e. The SMILES string of the molecule is C=C(NC(=O)c1csc(-c2nc3c(cc2O)-c2nc(cs2)C(=O)NC(C(C)O)C(=O)N/C(=C(\C)OC)c2nc(cs2)C(=O)NC2c4nc(cs4)C(=O)NC(COC(=O)c4c5c6c(cccc6n4OP(C)(=O)O)COC(=O)C(OC4CC(C)(O)C(N(C)C)C(C)O4)C2OC5)c2nc-3cs2)n1)C(N)=O. The second kappa shape index (κ2) is 28.8. The molecule has 1 saturated heterocycles. The quantitative estimate of drug-likeness (QED) is 0.0380. The van der Waals surface area contributed by atoms with Crippen LogP contribution in [0.25, 0.3) is 49.3 Å². The molecule has 0 saturated carbocycles. The Hall–Kier alpha value is -9.35. The maximum Gasteiger partial charge on any atom is 0.392 e. The fourth-order valence-corrected chi connectivity index (χ4v) is 16.6. The number of aromatic nitrogens is 7. The van der Waals surface area contributed by atoms with Crippen molar-refractivity contribution in [3.05, 3.63) is 124 Å². The number of carbonyl (C=O) groups excluding carboxylic acids is 8. The molecule has 4 aliphatic rings. The minimum atomic E-state index is -4.65. The Kier molecular flexibility index (Phi) is 20.5. The first-order chi connectivity index (χ1) is 48.4. The van der Waals surface area contributed by atoms with Crippen molar-refractivity contribution in [1.82, 2.24) is 66.1 Å². The first-order valence-corrected chi connectivity index (χ1v) is 37.1. The number of nitrogens with zero attached hydrogens (tertiary/aromatic N) is 8. The second-order valence-electron chi connectivity index (χ2n) is 24.2. The number of hydrogen-bond donors (Lipinski definition) is 10. The molecule has 6 amide bonds. The number of benzene rings is 1. The highest BCUT2D eigenvalue weighted by Gasteiger charge is 2.50. The van der Waals surface area contributed by atoms with Crippen molar-refractivity contribution in [2.45, 2.75) is 108 Å². The standard InChI is InChI=1S/C62H63N14O20PS5/c1-23(49(63)79)64-50(80)32-20-101-58(69-32)43-37(78)13-28-42(71-43)31-18-99-56(66-31)30-17-93-60(85)45-29-16-91-46(47(95-38-14-62(5,87)48(75(6)7)26(4)94-38)61(86)92-15-27-11-10-12-36(39(27)29)76(45)96-97(9,88)89)44(59-70-33(21-102-59)51(81)65-30)74-53(83)35-22-100-57(68-35)41(25(3)90-8)73-54(84)40(24(2)77)72-52(82)34-19-98-55(28)67-34/h10-13,18-22,24,26,30,38,40,44,46-48,77-78,87H,1,14-17H2,2-9H3,(H2,63,79)(H,64,80)(H,65,81)(H,72,82)(H,73,84)(H,74,83)(H,88,89)/b41-25+. The van der Waals surface area contributed by atoms with Crippen molar-refractivity contribution in [2.75, 3.05) is 34.5 Å². The lowest BCUT2D eigenvalue weighted by molar-refractivity contribution is -0.280. The molecular formula is C62H63N14O20PS5. The van der Waals surface area contributed by atoms with Crippen LogP contribution in [0.3, 0.4) is 0 Å². The number of thiazole rings is 5. The third-order valence-corrected chi connectivity index (χ3v) is 21.5. The van der Waals surface area contributed by atoms with E-state index in [1.807, 2.05) is 0 Å². The Morgan fingerprint density at radius 3 is 2.23 bits per heavy atom. The number of cyclic esters (lactones) is 2. The van der Waals surface area contributed by atoms with E-state index < -0.39 is 152 Å². The van der Waals surface area contributed by atoms with Crippen LogP contribution in [0, 0.1) is 0 Å². The first kappa shape index (κ1) is 72.4. The number of likely N-dealkylation sites (N-methyl/N-ethyl adjacent to an activating group) is 1. The molecule has 4 aliphatic heterocycles. The molecule has 12 bridgehead atoms. The number of amides is 6. The molecule has 40 heteroatoms. The van der Waals surface area contributed by atoms with E-state index in [4.69, 9.17) is 53.7 Å². The van der Waals surface area contributed by atoms with Gasteiger partial charge in [-0.3, -0.25) is 28.8 Å². The molecule has 8 aromatic rings. The number of esters is 2. The van der Waals surface area contributed by atoms with E-state index in [-0.39, 0.29) is 110 Å². The molecule has 7 aromatic heterocycles. The number of primary amides is 1. The number of fused-ring (bicyclic) bond motifs is 15. The van der Waals surface area contributed by atoms with E-state index in [1.165, 1.54) is 66.1 Å². The van der Waals surface area contributed by atoms with Gasteiger partial charge < -0.3 is 90.5 Å². The molecule has 12 rings (SSSR count). The summed E-state index contributed by atoms with van der Waals surface area (Å²) in [7, 11) is 0.139. The molecule has 11 heterocycles. The van der Waals surface area contributed by atoms with Crippen LogP contribution in [0.2, 0.25) is 0 Å². The number of hydrogen-bond acceptors (Lipinski definition) is 31.